The number of aliphatic hydroxyl groups excluding tert-OH is 1. The van der Waals surface area contributed by atoms with Crippen LogP contribution in [0.5, 0.6) is 11.5 Å². The molecule has 6 aromatic rings. The van der Waals surface area contributed by atoms with Gasteiger partial charge in [0.2, 0.25) is 0 Å². The summed E-state index contributed by atoms with van der Waals surface area (Å²) in [6, 6.07) is 29.1. The van der Waals surface area contributed by atoms with E-state index in [0.29, 0.717) is 59.6 Å². The number of hydrogen-bond donors (Lipinski definition) is 5. The number of halogens is 4. The van der Waals surface area contributed by atoms with Gasteiger partial charge in [-0.2, -0.15) is 13.2 Å². The first kappa shape index (κ1) is 40.3. The summed E-state index contributed by atoms with van der Waals surface area (Å²) < 4.78 is 49.5. The first-order valence-electron chi connectivity index (χ1n) is 18.4. The van der Waals surface area contributed by atoms with Gasteiger partial charge in [0.15, 0.2) is 0 Å². The van der Waals surface area contributed by atoms with E-state index in [2.05, 4.69) is 24.9 Å². The predicted octanol–water partition coefficient (Wildman–Crippen LogP) is 10.4. The number of piperidine rings is 1. The zero-order valence-electron chi connectivity index (χ0n) is 30.6. The zero-order chi connectivity index (χ0) is 39.9. The van der Waals surface area contributed by atoms with E-state index in [9.17, 15) is 23.1 Å². The van der Waals surface area contributed by atoms with Crippen LogP contribution in [0.4, 0.5) is 24.5 Å². The number of aromatic nitrogens is 2. The van der Waals surface area contributed by atoms with Crippen LogP contribution in [0.1, 0.15) is 41.3 Å². The van der Waals surface area contributed by atoms with Gasteiger partial charge < -0.3 is 30.8 Å². The molecular weight excluding hydrogens is 793 g/mol. The van der Waals surface area contributed by atoms with E-state index in [1.807, 2.05) is 72.8 Å². The van der Waals surface area contributed by atoms with Crippen molar-refractivity contribution >= 4 is 63.6 Å². The third kappa shape index (κ3) is 10.2. The number of aliphatic hydroxyl groups is 1. The smallest absolute Gasteiger partial charge is 0.446 e. The zero-order valence-corrected chi connectivity index (χ0v) is 32.9. The number of pyridine rings is 1. The van der Waals surface area contributed by atoms with Crippen molar-refractivity contribution in [2.75, 3.05) is 36.4 Å². The van der Waals surface area contributed by atoms with Gasteiger partial charge in [0, 0.05) is 63.5 Å². The quantitative estimate of drug-likeness (QED) is 0.0414. The second-order valence-corrected chi connectivity index (χ2v) is 16.0. The Bertz CT molecular complexity index is 2320. The van der Waals surface area contributed by atoms with Crippen molar-refractivity contribution in [3.8, 4) is 22.6 Å². The molecule has 1 aliphatic rings. The molecule has 57 heavy (non-hydrogen) atoms. The van der Waals surface area contributed by atoms with Gasteiger partial charge in [-0.3, -0.25) is 9.52 Å². The standard InChI is InChI=1S/C42H40ClF3N6O3S2/c43-29-8-6-26(7-9-29)33-4-1-2-5-34(33)39(53)27-15-20-52(21-16-27)30-10-12-35(37(23-30)55-31-22-28-14-19-49-40(28)50-25-31)41(54)51-57-32-11-13-36(48-18-3-17-47)38(24-32)56-42(44,45)46/h1-2,4-14,19,22-25,27,39,48,53H,3,15-18,20-21,47H2,(H,49,50)(H,51,54). The van der Waals surface area contributed by atoms with E-state index in [1.54, 1.807) is 30.6 Å². The topological polar surface area (TPSA) is 129 Å². The lowest BCUT2D eigenvalue weighted by molar-refractivity contribution is -0.0328. The molecule has 0 bridgehead atoms. The summed E-state index contributed by atoms with van der Waals surface area (Å²) in [5.41, 5.74) is 5.98. The summed E-state index contributed by atoms with van der Waals surface area (Å²) in [4.78, 5) is 23.8. The number of nitrogens with zero attached hydrogens (tertiary/aromatic N) is 2. The van der Waals surface area contributed by atoms with E-state index in [4.69, 9.17) is 22.1 Å². The number of fused-ring (bicyclic) bond motifs is 1. The monoisotopic (exact) mass is 832 g/mol. The fourth-order valence-electron chi connectivity index (χ4n) is 6.86. The minimum atomic E-state index is -4.50. The van der Waals surface area contributed by atoms with Crippen LogP contribution in [0.15, 0.2) is 119 Å². The number of H-pyrrole nitrogens is 1. The number of alkyl halides is 3. The molecule has 2 aromatic heterocycles. The highest BCUT2D eigenvalue weighted by Gasteiger charge is 2.31. The molecule has 1 unspecified atom stereocenters. The fourth-order valence-corrected chi connectivity index (χ4v) is 8.38. The molecule has 7 rings (SSSR count). The summed E-state index contributed by atoms with van der Waals surface area (Å²) in [6.07, 6.45) is 4.74. The molecule has 0 radical (unpaired) electrons. The number of benzene rings is 4. The summed E-state index contributed by atoms with van der Waals surface area (Å²) in [5, 5.41) is 16.1. The second kappa shape index (κ2) is 18.2. The number of amides is 1. The minimum absolute atomic E-state index is 0.0122. The number of nitrogens with two attached hydrogens (primary N) is 1. The van der Waals surface area contributed by atoms with Gasteiger partial charge in [-0.15, -0.1) is 0 Å². The van der Waals surface area contributed by atoms with Gasteiger partial charge in [-0.25, -0.2) is 4.98 Å². The molecule has 296 valence electrons. The van der Waals surface area contributed by atoms with Crippen LogP contribution >= 0.6 is 35.3 Å². The number of rotatable bonds is 14. The highest BCUT2D eigenvalue weighted by molar-refractivity contribution is 8.00. The van der Waals surface area contributed by atoms with Crippen LogP contribution in [0, 0.1) is 5.92 Å². The normalized spacial score (nSPS) is 14.1. The first-order chi connectivity index (χ1) is 27.5. The van der Waals surface area contributed by atoms with Crippen molar-refractivity contribution in [2.45, 2.75) is 40.7 Å². The predicted molar refractivity (Wildman–Crippen MR) is 223 cm³/mol. The molecule has 1 fully saturated rings. The van der Waals surface area contributed by atoms with Crippen molar-refractivity contribution in [1.82, 2.24) is 14.7 Å². The van der Waals surface area contributed by atoms with E-state index in [0.717, 1.165) is 52.6 Å². The molecule has 1 atom stereocenters. The Hall–Kier alpha value is -4.86. The van der Waals surface area contributed by atoms with Crippen molar-refractivity contribution in [1.29, 1.82) is 0 Å². The lowest BCUT2D eigenvalue weighted by atomic mass is 9.84. The average molecular weight is 833 g/mol. The van der Waals surface area contributed by atoms with Gasteiger partial charge in [-0.05, 0) is 127 Å². The summed E-state index contributed by atoms with van der Waals surface area (Å²) in [6.45, 7) is 2.16. The maximum Gasteiger partial charge on any atom is 0.446 e. The van der Waals surface area contributed by atoms with Crippen molar-refractivity contribution in [3.63, 3.8) is 0 Å². The Morgan fingerprint density at radius 1 is 1.04 bits per heavy atom. The van der Waals surface area contributed by atoms with Crippen LogP contribution in [0.3, 0.4) is 0 Å². The summed E-state index contributed by atoms with van der Waals surface area (Å²) in [7, 11) is 0. The highest BCUT2D eigenvalue weighted by Crippen LogP contribution is 2.43. The molecule has 15 heteroatoms. The van der Waals surface area contributed by atoms with Crippen LogP contribution in [-0.2, 0) is 0 Å². The molecule has 9 nitrogen and oxygen atoms in total. The van der Waals surface area contributed by atoms with Crippen LogP contribution in [0.2, 0.25) is 5.02 Å². The van der Waals surface area contributed by atoms with Gasteiger partial charge in [0.05, 0.1) is 17.9 Å². The minimum Gasteiger partial charge on any atom is -0.455 e. The molecule has 0 saturated carbocycles. The Morgan fingerprint density at radius 2 is 1.82 bits per heavy atom. The lowest BCUT2D eigenvalue weighted by Crippen LogP contribution is -2.35. The Morgan fingerprint density at radius 3 is 2.60 bits per heavy atom. The number of carbonyl (C=O) groups is 1. The molecule has 4 aromatic carbocycles. The van der Waals surface area contributed by atoms with E-state index >= 15 is 0 Å². The van der Waals surface area contributed by atoms with Crippen molar-refractivity contribution < 1.29 is 27.8 Å². The maximum absolute atomic E-state index is 13.8. The van der Waals surface area contributed by atoms with Crippen LogP contribution < -0.4 is 25.4 Å². The Balaban J connectivity index is 1.08. The summed E-state index contributed by atoms with van der Waals surface area (Å²) in [5.74, 6) is 0.244. The maximum atomic E-state index is 13.8. The number of carbonyl (C=O) groups excluding carboxylic acids is 1. The fraction of sp³-hybridized carbons (Fsp3) is 0.238. The van der Waals surface area contributed by atoms with E-state index in [1.165, 1.54) is 6.07 Å². The van der Waals surface area contributed by atoms with E-state index in [-0.39, 0.29) is 33.9 Å². The summed E-state index contributed by atoms with van der Waals surface area (Å²) >= 11 is 6.83. The van der Waals surface area contributed by atoms with Gasteiger partial charge >= 0.3 is 5.51 Å². The number of thioether (sulfide) groups is 1. The molecule has 0 aliphatic carbocycles. The SMILES string of the molecule is NCCCNc1ccc(SNC(=O)c2ccc(N3CCC(C(O)c4ccccc4-c4ccc(Cl)cc4)CC3)cc2Oc2cnc3[nH]ccc3c2)cc1SC(F)(F)F. The van der Waals surface area contributed by atoms with Crippen molar-refractivity contribution in [3.05, 3.63) is 126 Å². The molecule has 0 spiro atoms. The van der Waals surface area contributed by atoms with Crippen LogP contribution in [-0.4, -0.2) is 52.7 Å². The molecule has 1 saturated heterocycles. The first-order valence-corrected chi connectivity index (χ1v) is 20.4. The van der Waals surface area contributed by atoms with Crippen molar-refractivity contribution in [2.24, 2.45) is 11.7 Å². The number of aromatic amines is 1. The van der Waals surface area contributed by atoms with Crippen LogP contribution in [0.25, 0.3) is 22.2 Å². The third-order valence-electron chi connectivity index (χ3n) is 9.74. The number of anilines is 2. The third-order valence-corrected chi connectivity index (χ3v) is 11.6. The highest BCUT2D eigenvalue weighted by atomic mass is 35.5. The Labute approximate surface area is 341 Å². The molecule has 1 aliphatic heterocycles. The molecular formula is C42H40ClF3N6O3S2. The molecule has 6 N–H and O–H groups in total. The van der Waals surface area contributed by atoms with Gasteiger partial charge in [0.1, 0.15) is 17.1 Å². The second-order valence-electron chi connectivity index (χ2n) is 13.5. The number of ether oxygens (including phenoxy) is 1. The van der Waals surface area contributed by atoms with Gasteiger partial charge in [-0.1, -0.05) is 48.0 Å². The van der Waals surface area contributed by atoms with E-state index < -0.39 is 17.5 Å². The van der Waals surface area contributed by atoms with Gasteiger partial charge in [0.25, 0.3) is 5.91 Å². The average Bonchev–Trinajstić information content (AvgIpc) is 3.68. The number of nitrogens with one attached hydrogen (secondary N) is 3. The molecule has 3 heterocycles. The molecule has 1 amide bonds. The number of hydrogen-bond acceptors (Lipinski definition) is 9. The largest absolute Gasteiger partial charge is 0.455 e. The lowest BCUT2D eigenvalue weighted by Gasteiger charge is -2.36. The Kier molecular flexibility index (Phi) is 12.9.